The highest BCUT2D eigenvalue weighted by molar-refractivity contribution is 6.64. The average molecular weight is 250 g/mol. The number of fused-ring (bicyclic) bond motifs is 1. The van der Waals surface area contributed by atoms with Crippen LogP contribution in [0.2, 0.25) is 0 Å². The summed E-state index contributed by atoms with van der Waals surface area (Å²) in [5.74, 6) is -0.491. The lowest BCUT2D eigenvalue weighted by Crippen LogP contribution is -2.38. The molecule has 0 spiro atoms. The predicted molar refractivity (Wildman–Crippen MR) is 67.3 cm³/mol. The van der Waals surface area contributed by atoms with E-state index in [1.165, 1.54) is 0 Å². The van der Waals surface area contributed by atoms with Crippen LogP contribution in [0.15, 0.2) is 29.3 Å². The van der Waals surface area contributed by atoms with E-state index < -0.39 is 5.38 Å². The zero-order chi connectivity index (χ0) is 12.6. The number of benzene rings is 1. The van der Waals surface area contributed by atoms with Crippen molar-refractivity contribution >= 4 is 28.9 Å². The van der Waals surface area contributed by atoms with Crippen molar-refractivity contribution in [3.63, 3.8) is 0 Å². The predicted octanol–water partition coefficient (Wildman–Crippen LogP) is 2.52. The van der Waals surface area contributed by atoms with Crippen molar-refractivity contribution in [1.82, 2.24) is 0 Å². The Balaban J connectivity index is 2.59. The molecule has 0 saturated carbocycles. The van der Waals surface area contributed by atoms with Gasteiger partial charge in [-0.15, -0.1) is 11.6 Å². The van der Waals surface area contributed by atoms with Gasteiger partial charge in [0.2, 0.25) is 5.78 Å². The molecule has 1 aromatic carbocycles. The largest absolute Gasteiger partial charge is 0.292 e. The zero-order valence-electron chi connectivity index (χ0n) is 9.61. The highest BCUT2D eigenvalue weighted by atomic mass is 35.5. The lowest BCUT2D eigenvalue weighted by Gasteiger charge is -2.20. The molecule has 2 rings (SSSR count). The molecule has 0 aromatic heterocycles. The number of nitrogens with zero attached hydrogens (tertiary/aromatic N) is 1. The number of hydrogen-bond acceptors (Lipinski definition) is 3. The zero-order valence-corrected chi connectivity index (χ0v) is 10.4. The number of rotatable bonds is 1. The first-order valence-electron chi connectivity index (χ1n) is 5.42. The van der Waals surface area contributed by atoms with Gasteiger partial charge in [-0.1, -0.05) is 24.3 Å². The van der Waals surface area contributed by atoms with Gasteiger partial charge in [-0.3, -0.25) is 14.6 Å². The van der Waals surface area contributed by atoms with Crippen LogP contribution in [0.5, 0.6) is 0 Å². The summed E-state index contributed by atoms with van der Waals surface area (Å²) in [5.41, 5.74) is 0.944. The Hall–Kier alpha value is -1.48. The van der Waals surface area contributed by atoms with Gasteiger partial charge in [0, 0.05) is 17.2 Å². The smallest absolute Gasteiger partial charge is 0.209 e. The van der Waals surface area contributed by atoms with Crippen molar-refractivity contribution in [2.24, 2.45) is 4.99 Å². The first-order chi connectivity index (χ1) is 8.02. The van der Waals surface area contributed by atoms with E-state index in [1.807, 2.05) is 13.8 Å². The Morgan fingerprint density at radius 3 is 2.35 bits per heavy atom. The van der Waals surface area contributed by atoms with E-state index in [-0.39, 0.29) is 23.3 Å². The third kappa shape index (κ3) is 2.03. The molecule has 0 N–H and O–H groups in total. The van der Waals surface area contributed by atoms with Gasteiger partial charge in [0.1, 0.15) is 11.1 Å². The van der Waals surface area contributed by atoms with Crippen LogP contribution in [-0.2, 0) is 0 Å². The van der Waals surface area contributed by atoms with Crippen LogP contribution in [0, 0.1) is 0 Å². The van der Waals surface area contributed by atoms with Crippen LogP contribution in [0.25, 0.3) is 0 Å². The minimum absolute atomic E-state index is 0.0618. The molecule has 0 heterocycles. The Bertz CT molecular complexity index is 520. The molecule has 0 bridgehead atoms. The Kier molecular flexibility index (Phi) is 3.11. The molecule has 1 atom stereocenters. The Labute approximate surface area is 105 Å². The van der Waals surface area contributed by atoms with Crippen LogP contribution in [0.1, 0.15) is 34.6 Å². The third-order valence-electron chi connectivity index (χ3n) is 2.54. The highest BCUT2D eigenvalue weighted by Crippen LogP contribution is 2.23. The minimum Gasteiger partial charge on any atom is -0.292 e. The van der Waals surface area contributed by atoms with Crippen LogP contribution in [0.4, 0.5) is 0 Å². The number of aliphatic imine (C=N–C) groups is 1. The molecular formula is C13H12ClNO2. The maximum Gasteiger partial charge on any atom is 0.209 e. The Morgan fingerprint density at radius 2 is 1.76 bits per heavy atom. The number of alkyl halides is 1. The molecule has 88 valence electrons. The van der Waals surface area contributed by atoms with Gasteiger partial charge >= 0.3 is 0 Å². The summed E-state index contributed by atoms with van der Waals surface area (Å²) in [5, 5.41) is -0.959. The first-order valence-corrected chi connectivity index (χ1v) is 5.85. The SMILES string of the molecule is CC(C)N=C1C(=O)c2ccccc2C(=O)C1Cl. The molecule has 0 fully saturated rings. The van der Waals surface area contributed by atoms with Crippen molar-refractivity contribution in [2.75, 3.05) is 0 Å². The van der Waals surface area contributed by atoms with E-state index in [0.717, 1.165) is 0 Å². The minimum atomic E-state index is -0.959. The number of carbonyl (C=O) groups excluding carboxylic acids is 2. The number of halogens is 1. The van der Waals surface area contributed by atoms with E-state index in [9.17, 15) is 9.59 Å². The molecule has 1 aliphatic rings. The maximum absolute atomic E-state index is 12.1. The molecule has 1 unspecified atom stereocenters. The topological polar surface area (TPSA) is 46.5 Å². The van der Waals surface area contributed by atoms with Gasteiger partial charge in [-0.05, 0) is 13.8 Å². The fourth-order valence-electron chi connectivity index (χ4n) is 1.81. The van der Waals surface area contributed by atoms with Gasteiger partial charge in [0.15, 0.2) is 5.78 Å². The average Bonchev–Trinajstić information content (AvgIpc) is 2.31. The van der Waals surface area contributed by atoms with Gasteiger partial charge in [-0.25, -0.2) is 0 Å². The second-order valence-electron chi connectivity index (χ2n) is 4.21. The first kappa shape index (κ1) is 12.0. The summed E-state index contributed by atoms with van der Waals surface area (Å²) in [6.07, 6.45) is 0. The maximum atomic E-state index is 12.1. The summed E-state index contributed by atoms with van der Waals surface area (Å²) in [6.45, 7) is 3.68. The number of carbonyl (C=O) groups is 2. The van der Waals surface area contributed by atoms with Gasteiger partial charge in [0.25, 0.3) is 0 Å². The van der Waals surface area contributed by atoms with Crippen LogP contribution in [0.3, 0.4) is 0 Å². The fourth-order valence-corrected chi connectivity index (χ4v) is 2.08. The van der Waals surface area contributed by atoms with Crippen molar-refractivity contribution in [2.45, 2.75) is 25.3 Å². The molecular weight excluding hydrogens is 238 g/mol. The van der Waals surface area contributed by atoms with E-state index >= 15 is 0 Å². The van der Waals surface area contributed by atoms with E-state index in [2.05, 4.69) is 4.99 Å². The fraction of sp³-hybridized carbons (Fsp3) is 0.308. The van der Waals surface area contributed by atoms with Crippen molar-refractivity contribution in [3.8, 4) is 0 Å². The third-order valence-corrected chi connectivity index (χ3v) is 2.94. The molecule has 1 aliphatic carbocycles. The lowest BCUT2D eigenvalue weighted by atomic mass is 9.87. The molecule has 4 heteroatoms. The molecule has 1 aromatic rings. The van der Waals surface area contributed by atoms with Gasteiger partial charge in [0.05, 0.1) is 0 Å². The van der Waals surface area contributed by atoms with Crippen molar-refractivity contribution in [3.05, 3.63) is 35.4 Å². The summed E-state index contributed by atoms with van der Waals surface area (Å²) in [6, 6.07) is 6.64. The van der Waals surface area contributed by atoms with Crippen LogP contribution >= 0.6 is 11.6 Å². The summed E-state index contributed by atoms with van der Waals surface area (Å²) >= 11 is 6.00. The monoisotopic (exact) mass is 249 g/mol. The molecule has 0 amide bonds. The van der Waals surface area contributed by atoms with Gasteiger partial charge in [-0.2, -0.15) is 0 Å². The normalized spacial score (nSPS) is 22.1. The molecule has 3 nitrogen and oxygen atoms in total. The second kappa shape index (κ2) is 4.41. The summed E-state index contributed by atoms with van der Waals surface area (Å²) in [4.78, 5) is 28.3. The van der Waals surface area contributed by atoms with E-state index in [4.69, 9.17) is 11.6 Å². The summed E-state index contributed by atoms with van der Waals surface area (Å²) in [7, 11) is 0. The number of ketones is 2. The number of hydrogen-bond donors (Lipinski definition) is 0. The van der Waals surface area contributed by atoms with Crippen molar-refractivity contribution < 1.29 is 9.59 Å². The molecule has 0 saturated heterocycles. The Morgan fingerprint density at radius 1 is 1.18 bits per heavy atom. The van der Waals surface area contributed by atoms with Gasteiger partial charge < -0.3 is 0 Å². The van der Waals surface area contributed by atoms with Crippen LogP contribution < -0.4 is 0 Å². The summed E-state index contributed by atoms with van der Waals surface area (Å²) < 4.78 is 0. The molecule has 17 heavy (non-hydrogen) atoms. The molecule has 0 radical (unpaired) electrons. The highest BCUT2D eigenvalue weighted by Gasteiger charge is 2.36. The standard InChI is InChI=1S/C13H12ClNO2/c1-7(2)15-11-10(14)12(16)8-5-3-4-6-9(8)13(11)17/h3-7,10H,1-2H3. The van der Waals surface area contributed by atoms with E-state index in [0.29, 0.717) is 11.1 Å². The quantitative estimate of drug-likeness (QED) is 0.718. The molecule has 0 aliphatic heterocycles. The lowest BCUT2D eigenvalue weighted by molar-refractivity contribution is 0.0967. The number of Topliss-reactive ketones (excluding diaryl/α,β-unsaturated/α-hetero) is 2. The van der Waals surface area contributed by atoms with E-state index in [1.54, 1.807) is 24.3 Å². The van der Waals surface area contributed by atoms with Crippen LogP contribution in [-0.4, -0.2) is 28.7 Å². The second-order valence-corrected chi connectivity index (χ2v) is 4.65. The van der Waals surface area contributed by atoms with Crippen molar-refractivity contribution in [1.29, 1.82) is 0 Å².